The third kappa shape index (κ3) is 4.71. The smallest absolute Gasteiger partial charge is 0.323 e. The van der Waals surface area contributed by atoms with Crippen molar-refractivity contribution in [2.75, 3.05) is 23.3 Å². The van der Waals surface area contributed by atoms with Crippen LogP contribution in [0.3, 0.4) is 0 Å². The molecular weight excluding hydrogens is 412 g/mol. The molecule has 2 aliphatic rings. The first kappa shape index (κ1) is 23.6. The fourth-order valence-corrected chi connectivity index (χ4v) is 4.36. The number of para-hydroxylation sites is 2. The van der Waals surface area contributed by atoms with Crippen molar-refractivity contribution in [3.8, 4) is 0 Å². The number of fused-ring (bicyclic) bond motifs is 1. The van der Waals surface area contributed by atoms with Gasteiger partial charge in [-0.1, -0.05) is 39.8 Å². The molecule has 2 heterocycles. The van der Waals surface area contributed by atoms with Crippen LogP contribution < -0.4 is 15.5 Å². The molecule has 1 aromatic rings. The Kier molecular flexibility index (Phi) is 7.06. The molecule has 0 aromatic heterocycles. The van der Waals surface area contributed by atoms with Crippen molar-refractivity contribution in [3.05, 3.63) is 24.3 Å². The van der Waals surface area contributed by atoms with Crippen molar-refractivity contribution >= 4 is 35.2 Å². The molecule has 2 aliphatic heterocycles. The number of nitrogens with one attached hydrogen (secondary N) is 2. The highest BCUT2D eigenvalue weighted by Crippen LogP contribution is 2.34. The van der Waals surface area contributed by atoms with Crippen LogP contribution in [-0.4, -0.2) is 59.0 Å². The summed E-state index contributed by atoms with van der Waals surface area (Å²) in [6, 6.07) is 5.10. The number of aliphatic carboxylic acids is 1. The van der Waals surface area contributed by atoms with Crippen molar-refractivity contribution < 1.29 is 24.3 Å². The summed E-state index contributed by atoms with van der Waals surface area (Å²) in [6.45, 7) is 8.14. The van der Waals surface area contributed by atoms with E-state index in [4.69, 9.17) is 0 Å². The van der Waals surface area contributed by atoms with Crippen LogP contribution in [0.4, 0.5) is 16.2 Å². The second-order valence-corrected chi connectivity index (χ2v) is 9.17. The second kappa shape index (κ2) is 9.58. The van der Waals surface area contributed by atoms with Gasteiger partial charge in [-0.15, -0.1) is 0 Å². The van der Waals surface area contributed by atoms with Gasteiger partial charge in [-0.3, -0.25) is 19.3 Å². The minimum atomic E-state index is -0.840. The Morgan fingerprint density at radius 2 is 1.72 bits per heavy atom. The average molecular weight is 445 g/mol. The number of carbonyl (C=O) groups is 4. The van der Waals surface area contributed by atoms with Gasteiger partial charge >= 0.3 is 12.0 Å². The van der Waals surface area contributed by atoms with E-state index in [1.807, 2.05) is 27.7 Å². The van der Waals surface area contributed by atoms with E-state index < -0.39 is 30.0 Å². The van der Waals surface area contributed by atoms with Crippen LogP contribution in [0.5, 0.6) is 0 Å². The lowest BCUT2D eigenvalue weighted by molar-refractivity contribution is -0.146. The summed E-state index contributed by atoms with van der Waals surface area (Å²) in [5.41, 5.74) is 1.13. The summed E-state index contributed by atoms with van der Waals surface area (Å²) in [5.74, 6) is -2.11. The molecule has 3 rings (SSSR count). The molecule has 1 fully saturated rings. The SMILES string of the molecule is CC(C)[C@H](NC(=O)N1c2ccccc2NC(=O)[C@@H]1C(C)C)C(=O)N1CCC(C(=O)O)CC1. The molecule has 0 aliphatic carbocycles. The van der Waals surface area contributed by atoms with E-state index in [-0.39, 0.29) is 23.7 Å². The zero-order valence-electron chi connectivity index (χ0n) is 19.0. The zero-order chi connectivity index (χ0) is 23.6. The van der Waals surface area contributed by atoms with Gasteiger partial charge in [0.2, 0.25) is 11.8 Å². The van der Waals surface area contributed by atoms with Crippen LogP contribution >= 0.6 is 0 Å². The summed E-state index contributed by atoms with van der Waals surface area (Å²) in [5, 5.41) is 14.9. The van der Waals surface area contributed by atoms with Crippen LogP contribution in [-0.2, 0) is 14.4 Å². The second-order valence-electron chi connectivity index (χ2n) is 9.17. The number of carboxylic acids is 1. The Morgan fingerprint density at radius 1 is 1.09 bits per heavy atom. The molecule has 9 nitrogen and oxygen atoms in total. The van der Waals surface area contributed by atoms with Gasteiger partial charge in [-0.05, 0) is 36.8 Å². The van der Waals surface area contributed by atoms with Gasteiger partial charge in [0.15, 0.2) is 0 Å². The van der Waals surface area contributed by atoms with Crippen molar-refractivity contribution in [1.82, 2.24) is 10.2 Å². The van der Waals surface area contributed by atoms with E-state index in [2.05, 4.69) is 10.6 Å². The van der Waals surface area contributed by atoms with E-state index in [1.54, 1.807) is 29.2 Å². The highest BCUT2D eigenvalue weighted by molar-refractivity contribution is 6.12. The maximum atomic E-state index is 13.5. The summed E-state index contributed by atoms with van der Waals surface area (Å²) < 4.78 is 0. The fraction of sp³-hybridized carbons (Fsp3) is 0.565. The molecule has 4 amide bonds. The average Bonchev–Trinajstić information content (AvgIpc) is 2.75. The third-order valence-corrected chi connectivity index (χ3v) is 6.19. The predicted octanol–water partition coefficient (Wildman–Crippen LogP) is 2.53. The molecule has 32 heavy (non-hydrogen) atoms. The Labute approximate surface area is 188 Å². The van der Waals surface area contributed by atoms with E-state index in [0.29, 0.717) is 37.3 Å². The highest BCUT2D eigenvalue weighted by Gasteiger charge is 2.41. The lowest BCUT2D eigenvalue weighted by atomic mass is 9.95. The molecule has 3 N–H and O–H groups in total. The number of carboxylic acid groups (broad SMARTS) is 1. The van der Waals surface area contributed by atoms with Gasteiger partial charge in [0.1, 0.15) is 12.1 Å². The lowest BCUT2D eigenvalue weighted by Gasteiger charge is -2.40. The van der Waals surface area contributed by atoms with Gasteiger partial charge in [-0.2, -0.15) is 0 Å². The number of piperidine rings is 1. The number of urea groups is 1. The molecule has 1 aromatic carbocycles. The molecule has 2 atom stereocenters. The minimum Gasteiger partial charge on any atom is -0.481 e. The fourth-order valence-electron chi connectivity index (χ4n) is 4.36. The molecule has 174 valence electrons. The first-order chi connectivity index (χ1) is 15.1. The van der Waals surface area contributed by atoms with Crippen LogP contribution in [0, 0.1) is 17.8 Å². The van der Waals surface area contributed by atoms with Gasteiger partial charge in [-0.25, -0.2) is 4.79 Å². The number of benzene rings is 1. The monoisotopic (exact) mass is 444 g/mol. The maximum Gasteiger partial charge on any atom is 0.323 e. The van der Waals surface area contributed by atoms with Crippen LogP contribution in [0.25, 0.3) is 0 Å². The number of anilines is 2. The number of hydrogen-bond acceptors (Lipinski definition) is 4. The molecule has 0 unspecified atom stereocenters. The van der Waals surface area contributed by atoms with Crippen LogP contribution in [0.2, 0.25) is 0 Å². The summed E-state index contributed by atoms with van der Waals surface area (Å²) >= 11 is 0. The topological polar surface area (TPSA) is 119 Å². The quantitative estimate of drug-likeness (QED) is 0.645. The Hall–Kier alpha value is -3.10. The van der Waals surface area contributed by atoms with Crippen molar-refractivity contribution in [2.45, 2.75) is 52.6 Å². The van der Waals surface area contributed by atoms with E-state index in [9.17, 15) is 24.3 Å². The van der Waals surface area contributed by atoms with Gasteiger partial charge in [0, 0.05) is 13.1 Å². The van der Waals surface area contributed by atoms with Gasteiger partial charge in [0.25, 0.3) is 0 Å². The van der Waals surface area contributed by atoms with E-state index in [1.165, 1.54) is 4.90 Å². The zero-order valence-corrected chi connectivity index (χ0v) is 19.0. The minimum absolute atomic E-state index is 0.141. The molecule has 0 bridgehead atoms. The standard InChI is InChI=1S/C23H32N4O5/c1-13(2)18(21(29)26-11-9-15(10-12-26)22(30)31)25-23(32)27-17-8-6-5-7-16(17)24-20(28)19(27)14(3)4/h5-8,13-15,18-19H,9-12H2,1-4H3,(H,24,28)(H,25,32)(H,30,31)/t18-,19-/m0/s1. The number of hydrogen-bond donors (Lipinski definition) is 3. The normalized spacial score (nSPS) is 20.1. The van der Waals surface area contributed by atoms with Crippen molar-refractivity contribution in [3.63, 3.8) is 0 Å². The molecule has 0 radical (unpaired) electrons. The van der Waals surface area contributed by atoms with E-state index >= 15 is 0 Å². The maximum absolute atomic E-state index is 13.5. The number of nitrogens with zero attached hydrogens (tertiary/aromatic N) is 2. The number of carbonyl (C=O) groups excluding carboxylic acids is 3. The number of amides is 4. The van der Waals surface area contributed by atoms with Crippen molar-refractivity contribution in [2.24, 2.45) is 17.8 Å². The summed E-state index contributed by atoms with van der Waals surface area (Å²) in [7, 11) is 0. The first-order valence-electron chi connectivity index (χ1n) is 11.1. The first-order valence-corrected chi connectivity index (χ1v) is 11.1. The van der Waals surface area contributed by atoms with Crippen LogP contribution in [0.1, 0.15) is 40.5 Å². The molecule has 1 saturated heterocycles. The van der Waals surface area contributed by atoms with Crippen molar-refractivity contribution in [1.29, 1.82) is 0 Å². The Morgan fingerprint density at radius 3 is 2.28 bits per heavy atom. The summed E-state index contributed by atoms with van der Waals surface area (Å²) in [6.07, 6.45) is 0.795. The van der Waals surface area contributed by atoms with E-state index in [0.717, 1.165) is 0 Å². The highest BCUT2D eigenvalue weighted by atomic mass is 16.4. The van der Waals surface area contributed by atoms with Crippen LogP contribution in [0.15, 0.2) is 24.3 Å². The number of likely N-dealkylation sites (tertiary alicyclic amines) is 1. The predicted molar refractivity (Wildman–Crippen MR) is 120 cm³/mol. The lowest BCUT2D eigenvalue weighted by Crippen LogP contribution is -2.61. The molecule has 0 spiro atoms. The van der Waals surface area contributed by atoms with Gasteiger partial charge in [0.05, 0.1) is 17.3 Å². The molecule has 9 heteroatoms. The largest absolute Gasteiger partial charge is 0.481 e. The Bertz CT molecular complexity index is 892. The Balaban J connectivity index is 1.81. The number of rotatable bonds is 5. The third-order valence-electron chi connectivity index (χ3n) is 6.19. The molecule has 0 saturated carbocycles. The summed E-state index contributed by atoms with van der Waals surface area (Å²) in [4.78, 5) is 53.7. The molecular formula is C23H32N4O5. The van der Waals surface area contributed by atoms with Gasteiger partial charge < -0.3 is 20.6 Å².